The van der Waals surface area contributed by atoms with Gasteiger partial charge in [0.2, 0.25) is 5.88 Å². The minimum absolute atomic E-state index is 0.226. The summed E-state index contributed by atoms with van der Waals surface area (Å²) in [4.78, 5) is 5.65. The first-order chi connectivity index (χ1) is 9.74. The molecule has 0 bridgehead atoms. The van der Waals surface area contributed by atoms with Gasteiger partial charge in [-0.2, -0.15) is 0 Å². The molecule has 0 spiro atoms. The molecule has 5 heteroatoms. The predicted octanol–water partition coefficient (Wildman–Crippen LogP) is 4.20. The van der Waals surface area contributed by atoms with Crippen molar-refractivity contribution in [2.75, 3.05) is 13.7 Å². The highest BCUT2D eigenvalue weighted by Gasteiger charge is 2.17. The first-order valence-electron chi connectivity index (χ1n) is 6.71. The lowest BCUT2D eigenvalue weighted by Gasteiger charge is -2.20. The van der Waals surface area contributed by atoms with Crippen LogP contribution >= 0.6 is 27.3 Å². The summed E-state index contributed by atoms with van der Waals surface area (Å²) in [7, 11) is 1.67. The normalized spacial score (nSPS) is 12.3. The lowest BCUT2D eigenvalue weighted by Crippen LogP contribution is -2.24. The molecule has 0 aliphatic heterocycles. The summed E-state index contributed by atoms with van der Waals surface area (Å²) in [6.45, 7) is 3.15. The number of ether oxygens (including phenoxy) is 1. The van der Waals surface area contributed by atoms with Crippen LogP contribution in [0.1, 0.15) is 29.8 Å². The van der Waals surface area contributed by atoms with E-state index in [0.29, 0.717) is 5.88 Å². The van der Waals surface area contributed by atoms with Gasteiger partial charge < -0.3 is 10.1 Å². The maximum absolute atomic E-state index is 5.39. The number of thiophene rings is 1. The van der Waals surface area contributed by atoms with Gasteiger partial charge in [-0.15, -0.1) is 11.3 Å². The van der Waals surface area contributed by atoms with Crippen LogP contribution in [0.5, 0.6) is 5.88 Å². The van der Waals surface area contributed by atoms with Gasteiger partial charge in [0.05, 0.1) is 10.9 Å². The molecule has 0 aliphatic carbocycles. The van der Waals surface area contributed by atoms with Crippen LogP contribution in [0.3, 0.4) is 0 Å². The van der Waals surface area contributed by atoms with Gasteiger partial charge in [0.15, 0.2) is 0 Å². The summed E-state index contributed by atoms with van der Waals surface area (Å²) >= 11 is 5.29. The van der Waals surface area contributed by atoms with E-state index in [4.69, 9.17) is 4.74 Å². The highest BCUT2D eigenvalue weighted by molar-refractivity contribution is 9.11. The summed E-state index contributed by atoms with van der Waals surface area (Å²) in [5.41, 5.74) is 1.12. The molecule has 3 nitrogen and oxygen atoms in total. The van der Waals surface area contributed by atoms with Crippen LogP contribution in [0, 0.1) is 0 Å². The van der Waals surface area contributed by atoms with Crippen molar-refractivity contribution >= 4 is 27.3 Å². The van der Waals surface area contributed by atoms with Crippen LogP contribution in [0.15, 0.2) is 34.2 Å². The third-order valence-corrected chi connectivity index (χ3v) is 4.69. The summed E-state index contributed by atoms with van der Waals surface area (Å²) in [5, 5.41) is 3.59. The number of rotatable bonds is 7. The van der Waals surface area contributed by atoms with Crippen LogP contribution in [-0.2, 0) is 6.42 Å². The van der Waals surface area contributed by atoms with E-state index in [0.717, 1.165) is 24.9 Å². The molecule has 0 aromatic carbocycles. The molecule has 2 heterocycles. The molecule has 2 aromatic rings. The monoisotopic (exact) mass is 354 g/mol. The van der Waals surface area contributed by atoms with Gasteiger partial charge in [-0.25, -0.2) is 4.98 Å². The van der Waals surface area contributed by atoms with E-state index in [1.807, 2.05) is 6.07 Å². The first kappa shape index (κ1) is 15.5. The second-order valence-corrected chi connectivity index (χ2v) is 7.07. The molecule has 0 saturated carbocycles. The maximum Gasteiger partial charge on any atom is 0.217 e. The van der Waals surface area contributed by atoms with Crippen molar-refractivity contribution in [1.82, 2.24) is 10.3 Å². The lowest BCUT2D eigenvalue weighted by atomic mass is 10.0. The van der Waals surface area contributed by atoms with Crippen molar-refractivity contribution in [1.29, 1.82) is 0 Å². The van der Waals surface area contributed by atoms with Crippen LogP contribution in [-0.4, -0.2) is 18.6 Å². The van der Waals surface area contributed by atoms with Crippen molar-refractivity contribution in [3.8, 4) is 5.88 Å². The second-order valence-electron chi connectivity index (χ2n) is 4.52. The largest absolute Gasteiger partial charge is 0.481 e. The molecule has 1 atom stereocenters. The average molecular weight is 355 g/mol. The number of hydrogen-bond acceptors (Lipinski definition) is 4. The van der Waals surface area contributed by atoms with Crippen LogP contribution in [0.2, 0.25) is 0 Å². The molecule has 0 amide bonds. The topological polar surface area (TPSA) is 34.2 Å². The van der Waals surface area contributed by atoms with E-state index in [9.17, 15) is 0 Å². The molecule has 0 radical (unpaired) electrons. The van der Waals surface area contributed by atoms with Crippen LogP contribution in [0.4, 0.5) is 0 Å². The number of halogens is 1. The van der Waals surface area contributed by atoms with Crippen LogP contribution < -0.4 is 10.1 Å². The van der Waals surface area contributed by atoms with Gasteiger partial charge in [-0.3, -0.25) is 0 Å². The van der Waals surface area contributed by atoms with Crippen molar-refractivity contribution < 1.29 is 4.74 Å². The fourth-order valence-corrected chi connectivity index (χ4v) is 3.64. The summed E-state index contributed by atoms with van der Waals surface area (Å²) in [6.07, 6.45) is 3.81. The molecule has 108 valence electrons. The number of aromatic nitrogens is 1. The van der Waals surface area contributed by atoms with Gasteiger partial charge in [0.25, 0.3) is 0 Å². The van der Waals surface area contributed by atoms with Crippen molar-refractivity contribution in [3.63, 3.8) is 0 Å². The molecule has 0 aliphatic rings. The number of hydrogen-bond donors (Lipinski definition) is 1. The molecule has 0 fully saturated rings. The zero-order chi connectivity index (χ0) is 14.4. The lowest BCUT2D eigenvalue weighted by molar-refractivity contribution is 0.382. The summed E-state index contributed by atoms with van der Waals surface area (Å²) in [6, 6.07) is 8.53. The Bertz CT molecular complexity index is 544. The molecule has 0 saturated heterocycles. The summed E-state index contributed by atoms with van der Waals surface area (Å²) < 4.78 is 6.56. The van der Waals surface area contributed by atoms with E-state index in [1.54, 1.807) is 24.6 Å². The standard InChI is InChI=1S/C15H19BrN2OS/c1-3-8-17-13(10-11-6-7-14(16)20-11)12-5-4-9-18-15(12)19-2/h4-7,9,13,17H,3,8,10H2,1-2H3. The quantitative estimate of drug-likeness (QED) is 0.808. The van der Waals surface area contributed by atoms with Crippen molar-refractivity contribution in [2.45, 2.75) is 25.8 Å². The molecular weight excluding hydrogens is 336 g/mol. The van der Waals surface area contributed by atoms with E-state index >= 15 is 0 Å². The van der Waals surface area contributed by atoms with E-state index in [-0.39, 0.29) is 6.04 Å². The summed E-state index contributed by atoms with van der Waals surface area (Å²) in [5.74, 6) is 0.705. The second kappa shape index (κ2) is 7.76. The Balaban J connectivity index is 2.22. The molecule has 1 N–H and O–H groups in total. The average Bonchev–Trinajstić information content (AvgIpc) is 2.88. The van der Waals surface area contributed by atoms with Crippen LogP contribution in [0.25, 0.3) is 0 Å². The molecule has 2 rings (SSSR count). The molecule has 2 aromatic heterocycles. The Morgan fingerprint density at radius 1 is 1.40 bits per heavy atom. The maximum atomic E-state index is 5.39. The Morgan fingerprint density at radius 2 is 2.25 bits per heavy atom. The van der Waals surface area contributed by atoms with E-state index in [2.05, 4.69) is 51.4 Å². The smallest absolute Gasteiger partial charge is 0.217 e. The minimum atomic E-state index is 0.226. The van der Waals surface area contributed by atoms with Crippen molar-refractivity contribution in [3.05, 3.63) is 44.7 Å². The van der Waals surface area contributed by atoms with Gasteiger partial charge in [-0.1, -0.05) is 13.0 Å². The van der Waals surface area contributed by atoms with Gasteiger partial charge in [0, 0.05) is 29.1 Å². The Morgan fingerprint density at radius 3 is 2.90 bits per heavy atom. The Hall–Kier alpha value is -0.910. The number of methoxy groups -OCH3 is 1. The molecule has 1 unspecified atom stereocenters. The fraction of sp³-hybridized carbons (Fsp3) is 0.400. The first-order valence-corrected chi connectivity index (χ1v) is 8.32. The molecular formula is C15H19BrN2OS. The zero-order valence-electron chi connectivity index (χ0n) is 11.7. The molecule has 20 heavy (non-hydrogen) atoms. The highest BCUT2D eigenvalue weighted by Crippen LogP contribution is 2.29. The highest BCUT2D eigenvalue weighted by atomic mass is 79.9. The van der Waals surface area contributed by atoms with Crippen molar-refractivity contribution in [2.24, 2.45) is 0 Å². The van der Waals surface area contributed by atoms with Gasteiger partial charge in [0.1, 0.15) is 0 Å². The van der Waals surface area contributed by atoms with E-state index < -0.39 is 0 Å². The number of nitrogens with zero attached hydrogens (tertiary/aromatic N) is 1. The number of nitrogens with one attached hydrogen (secondary N) is 1. The fourth-order valence-electron chi connectivity index (χ4n) is 2.11. The third kappa shape index (κ3) is 4.04. The predicted molar refractivity (Wildman–Crippen MR) is 87.5 cm³/mol. The Labute approximate surface area is 132 Å². The number of pyridine rings is 1. The Kier molecular flexibility index (Phi) is 6.01. The third-order valence-electron chi connectivity index (χ3n) is 3.04. The SMILES string of the molecule is CCCNC(Cc1ccc(Br)s1)c1cccnc1OC. The van der Waals surface area contributed by atoms with Gasteiger partial charge >= 0.3 is 0 Å². The van der Waals surface area contributed by atoms with E-state index in [1.165, 1.54) is 8.66 Å². The van der Waals surface area contributed by atoms with Gasteiger partial charge in [-0.05, 0) is 47.1 Å². The zero-order valence-corrected chi connectivity index (χ0v) is 14.1. The minimum Gasteiger partial charge on any atom is -0.481 e.